The van der Waals surface area contributed by atoms with Gasteiger partial charge in [0.15, 0.2) is 0 Å². The predicted octanol–water partition coefficient (Wildman–Crippen LogP) is 1.62. The molecule has 0 aromatic heterocycles. The van der Waals surface area contributed by atoms with Crippen molar-refractivity contribution in [1.29, 1.82) is 0 Å². The number of hydrogen-bond acceptors (Lipinski definition) is 3. The van der Waals surface area contributed by atoms with Gasteiger partial charge in [0.2, 0.25) is 0 Å². The van der Waals surface area contributed by atoms with E-state index in [2.05, 4.69) is 5.32 Å². The Kier molecular flexibility index (Phi) is 2.79. The largest absolute Gasteiger partial charge is 0.481 e. The van der Waals surface area contributed by atoms with Gasteiger partial charge in [-0.2, -0.15) is 0 Å². The standard InChI is InChI=1S/C12H19NO4/c1-12(2,3)17-11(16)13-7-5-4-6-8(7)9(6)10(14)15/h6-9H,4-5H2,1-3H3,(H,13,16)(H,14,15)/t6-,7+,8-,9+/m1/s1. The summed E-state index contributed by atoms with van der Waals surface area (Å²) in [6.45, 7) is 5.42. The Labute approximate surface area is 101 Å². The van der Waals surface area contributed by atoms with Crippen molar-refractivity contribution in [1.82, 2.24) is 5.32 Å². The second kappa shape index (κ2) is 3.89. The van der Waals surface area contributed by atoms with Gasteiger partial charge in [-0.25, -0.2) is 4.79 Å². The second-order valence-electron chi connectivity index (χ2n) is 5.94. The van der Waals surface area contributed by atoms with E-state index in [4.69, 9.17) is 9.84 Å². The molecule has 0 radical (unpaired) electrons. The molecule has 17 heavy (non-hydrogen) atoms. The first kappa shape index (κ1) is 12.2. The van der Waals surface area contributed by atoms with Crippen molar-refractivity contribution >= 4 is 12.1 Å². The number of rotatable bonds is 2. The highest BCUT2D eigenvalue weighted by molar-refractivity contribution is 5.75. The van der Waals surface area contributed by atoms with Crippen LogP contribution in [0.1, 0.15) is 33.6 Å². The minimum Gasteiger partial charge on any atom is -0.481 e. The summed E-state index contributed by atoms with van der Waals surface area (Å²) >= 11 is 0. The summed E-state index contributed by atoms with van der Waals surface area (Å²) in [5, 5.41) is 11.7. The quantitative estimate of drug-likeness (QED) is 0.770. The number of carboxylic acid groups (broad SMARTS) is 1. The Morgan fingerprint density at radius 2 is 1.94 bits per heavy atom. The Morgan fingerprint density at radius 1 is 1.29 bits per heavy atom. The van der Waals surface area contributed by atoms with Crippen LogP contribution in [0.15, 0.2) is 0 Å². The lowest BCUT2D eigenvalue weighted by atomic mass is 10.1. The fourth-order valence-electron chi connectivity index (χ4n) is 2.86. The first-order valence-electron chi connectivity index (χ1n) is 6.02. The van der Waals surface area contributed by atoms with Gasteiger partial charge >= 0.3 is 12.1 Å². The van der Waals surface area contributed by atoms with Gasteiger partial charge < -0.3 is 15.2 Å². The average Bonchev–Trinajstić information content (AvgIpc) is 2.73. The zero-order valence-electron chi connectivity index (χ0n) is 10.4. The molecule has 2 aliphatic carbocycles. The highest BCUT2D eigenvalue weighted by Crippen LogP contribution is 2.57. The molecule has 0 saturated heterocycles. The number of fused-ring (bicyclic) bond motifs is 1. The van der Waals surface area contributed by atoms with Crippen LogP contribution in [0, 0.1) is 17.8 Å². The van der Waals surface area contributed by atoms with Crippen LogP contribution in [0.5, 0.6) is 0 Å². The van der Waals surface area contributed by atoms with Gasteiger partial charge in [-0.1, -0.05) is 0 Å². The smallest absolute Gasteiger partial charge is 0.407 e. The fourth-order valence-corrected chi connectivity index (χ4v) is 2.86. The highest BCUT2D eigenvalue weighted by Gasteiger charge is 2.62. The Hall–Kier alpha value is -1.26. The number of amides is 1. The summed E-state index contributed by atoms with van der Waals surface area (Å²) < 4.78 is 5.16. The molecule has 96 valence electrons. The molecule has 0 heterocycles. The van der Waals surface area contributed by atoms with Crippen LogP contribution in [-0.4, -0.2) is 28.8 Å². The monoisotopic (exact) mass is 241 g/mol. The molecule has 2 fully saturated rings. The Balaban J connectivity index is 1.85. The van der Waals surface area contributed by atoms with Gasteiger partial charge in [0.25, 0.3) is 0 Å². The van der Waals surface area contributed by atoms with Crippen molar-refractivity contribution < 1.29 is 19.4 Å². The predicted molar refractivity (Wildman–Crippen MR) is 60.5 cm³/mol. The fraction of sp³-hybridized carbons (Fsp3) is 0.833. The van der Waals surface area contributed by atoms with Gasteiger partial charge in [0.05, 0.1) is 5.92 Å². The molecule has 0 spiro atoms. The van der Waals surface area contributed by atoms with Crippen LogP contribution in [-0.2, 0) is 9.53 Å². The zero-order valence-corrected chi connectivity index (χ0v) is 10.4. The number of carboxylic acids is 1. The van der Waals surface area contributed by atoms with Gasteiger partial charge in [-0.15, -0.1) is 0 Å². The number of alkyl carbamates (subject to hydrolysis) is 1. The summed E-state index contributed by atoms with van der Waals surface area (Å²) in [6, 6.07) is -0.0315. The molecule has 0 bridgehead atoms. The van der Waals surface area contributed by atoms with E-state index in [0.717, 1.165) is 12.8 Å². The normalized spacial score (nSPS) is 35.0. The number of nitrogens with one attached hydrogen (secondary N) is 1. The summed E-state index contributed by atoms with van der Waals surface area (Å²) in [7, 11) is 0. The molecular formula is C12H19NO4. The van der Waals surface area contributed by atoms with E-state index in [0.29, 0.717) is 0 Å². The minimum absolute atomic E-state index is 0.0315. The van der Waals surface area contributed by atoms with E-state index in [9.17, 15) is 9.59 Å². The van der Waals surface area contributed by atoms with E-state index in [1.165, 1.54) is 0 Å². The van der Waals surface area contributed by atoms with Crippen LogP contribution in [0.2, 0.25) is 0 Å². The molecule has 0 aromatic carbocycles. The number of ether oxygens (including phenoxy) is 1. The van der Waals surface area contributed by atoms with Crippen LogP contribution in [0.3, 0.4) is 0 Å². The number of carbonyl (C=O) groups excluding carboxylic acids is 1. The maximum absolute atomic E-state index is 11.6. The Bertz CT molecular complexity index is 347. The van der Waals surface area contributed by atoms with Gasteiger partial charge in [0.1, 0.15) is 5.60 Å². The van der Waals surface area contributed by atoms with E-state index in [1.54, 1.807) is 20.8 Å². The molecule has 2 aliphatic rings. The van der Waals surface area contributed by atoms with Gasteiger partial charge in [-0.3, -0.25) is 4.79 Å². The summed E-state index contributed by atoms with van der Waals surface area (Å²) in [5.41, 5.74) is -0.516. The SMILES string of the molecule is CC(C)(C)OC(=O)N[C@H]1CC[C@H]2[C@H](C(=O)O)[C@H]21. The molecule has 5 nitrogen and oxygen atoms in total. The van der Waals surface area contributed by atoms with E-state index in [1.807, 2.05) is 0 Å². The summed E-state index contributed by atoms with van der Waals surface area (Å²) in [6.07, 6.45) is 1.31. The Morgan fingerprint density at radius 3 is 2.41 bits per heavy atom. The van der Waals surface area contributed by atoms with Crippen LogP contribution in [0.4, 0.5) is 4.79 Å². The molecule has 5 heteroatoms. The van der Waals surface area contributed by atoms with Crippen LogP contribution >= 0.6 is 0 Å². The minimum atomic E-state index is -0.740. The molecule has 0 aliphatic heterocycles. The molecule has 0 unspecified atom stereocenters. The van der Waals surface area contributed by atoms with Crippen molar-refractivity contribution in [2.75, 3.05) is 0 Å². The van der Waals surface area contributed by atoms with Gasteiger partial charge in [0, 0.05) is 6.04 Å². The van der Waals surface area contributed by atoms with Crippen LogP contribution < -0.4 is 5.32 Å². The van der Waals surface area contributed by atoms with Crippen molar-refractivity contribution in [2.45, 2.75) is 45.3 Å². The molecule has 4 atom stereocenters. The molecule has 2 rings (SSSR count). The van der Waals surface area contributed by atoms with E-state index >= 15 is 0 Å². The third kappa shape index (κ3) is 2.53. The van der Waals surface area contributed by atoms with Crippen molar-refractivity contribution in [3.63, 3.8) is 0 Å². The number of aliphatic carboxylic acids is 1. The van der Waals surface area contributed by atoms with Crippen molar-refractivity contribution in [3.8, 4) is 0 Å². The van der Waals surface area contributed by atoms with Crippen molar-refractivity contribution in [3.05, 3.63) is 0 Å². The van der Waals surface area contributed by atoms with E-state index < -0.39 is 17.7 Å². The maximum atomic E-state index is 11.6. The van der Waals surface area contributed by atoms with Crippen LogP contribution in [0.25, 0.3) is 0 Å². The average molecular weight is 241 g/mol. The first-order valence-corrected chi connectivity index (χ1v) is 6.02. The lowest BCUT2D eigenvalue weighted by Gasteiger charge is -2.22. The molecule has 0 aromatic rings. The summed E-state index contributed by atoms with van der Waals surface area (Å²) in [4.78, 5) is 22.5. The van der Waals surface area contributed by atoms with Gasteiger partial charge in [-0.05, 0) is 45.4 Å². The highest BCUT2D eigenvalue weighted by atomic mass is 16.6. The maximum Gasteiger partial charge on any atom is 0.407 e. The number of hydrogen-bond donors (Lipinski definition) is 2. The first-order chi connectivity index (χ1) is 7.79. The third-order valence-corrected chi connectivity index (χ3v) is 3.49. The number of carbonyl (C=O) groups is 2. The molecule has 2 N–H and O–H groups in total. The zero-order chi connectivity index (χ0) is 12.8. The van der Waals surface area contributed by atoms with Crippen molar-refractivity contribution in [2.24, 2.45) is 17.8 Å². The topological polar surface area (TPSA) is 75.6 Å². The second-order valence-corrected chi connectivity index (χ2v) is 5.94. The third-order valence-electron chi connectivity index (χ3n) is 3.49. The summed E-state index contributed by atoms with van der Waals surface area (Å²) in [5.74, 6) is -0.633. The molecular weight excluding hydrogens is 222 g/mol. The molecule has 1 amide bonds. The van der Waals surface area contributed by atoms with E-state index in [-0.39, 0.29) is 23.8 Å². The lowest BCUT2D eigenvalue weighted by molar-refractivity contribution is -0.139. The lowest BCUT2D eigenvalue weighted by Crippen LogP contribution is -2.40. The molecule has 2 saturated carbocycles.